The van der Waals surface area contributed by atoms with Gasteiger partial charge in [-0.3, -0.25) is 0 Å². The molecule has 0 spiro atoms. The maximum atomic E-state index is 9.81. The molecule has 4 heteroatoms. The number of aliphatic hydroxyl groups excluding tert-OH is 2. The minimum atomic E-state index is -0.955. The van der Waals surface area contributed by atoms with Crippen molar-refractivity contribution < 1.29 is 10.2 Å². The first-order valence-corrected chi connectivity index (χ1v) is 6.12. The predicted octanol–water partition coefficient (Wildman–Crippen LogP) is 2.02. The fraction of sp³-hybridized carbons (Fsp3) is 0.250. The first-order chi connectivity index (χ1) is 7.72. The summed E-state index contributed by atoms with van der Waals surface area (Å²) in [6, 6.07) is 11.3. The lowest BCUT2D eigenvalue weighted by atomic mass is 10.1. The number of hydrogen-bond donors (Lipinski definition) is 2. The van der Waals surface area contributed by atoms with E-state index in [2.05, 4.69) is 20.9 Å². The Kier molecular flexibility index (Phi) is 3.53. The summed E-state index contributed by atoms with van der Waals surface area (Å²) in [5.41, 5.74) is 1.31. The number of aromatic nitrogens is 1. The van der Waals surface area contributed by atoms with Crippen LogP contribution in [0.3, 0.4) is 0 Å². The summed E-state index contributed by atoms with van der Waals surface area (Å²) in [5, 5.41) is 20.7. The molecule has 2 atom stereocenters. The van der Waals surface area contributed by atoms with Gasteiger partial charge in [0.1, 0.15) is 6.10 Å². The highest BCUT2D eigenvalue weighted by Crippen LogP contribution is 2.19. The van der Waals surface area contributed by atoms with Crippen LogP contribution in [0.15, 0.2) is 36.4 Å². The Labute approximate surface area is 102 Å². The summed E-state index contributed by atoms with van der Waals surface area (Å²) >= 11 is 3.12. The van der Waals surface area contributed by atoms with Crippen molar-refractivity contribution in [2.24, 2.45) is 0 Å². The van der Waals surface area contributed by atoms with Crippen molar-refractivity contribution in [2.75, 3.05) is 5.33 Å². The van der Waals surface area contributed by atoms with Gasteiger partial charge in [-0.05, 0) is 12.1 Å². The van der Waals surface area contributed by atoms with E-state index in [0.717, 1.165) is 10.9 Å². The Hall–Kier alpha value is -0.970. The average Bonchev–Trinajstić information content (AvgIpc) is 2.36. The summed E-state index contributed by atoms with van der Waals surface area (Å²) in [7, 11) is 0. The van der Waals surface area contributed by atoms with Gasteiger partial charge in [0.15, 0.2) is 0 Å². The number of fused-ring (bicyclic) bond motifs is 1. The second-order valence-corrected chi connectivity index (χ2v) is 4.24. The van der Waals surface area contributed by atoms with Gasteiger partial charge in [0, 0.05) is 10.7 Å². The van der Waals surface area contributed by atoms with Gasteiger partial charge in [-0.15, -0.1) is 0 Å². The molecule has 84 valence electrons. The van der Waals surface area contributed by atoms with Crippen LogP contribution < -0.4 is 0 Å². The molecule has 3 nitrogen and oxygen atoms in total. The number of benzene rings is 1. The zero-order valence-electron chi connectivity index (χ0n) is 8.55. The molecule has 2 aromatic rings. The molecule has 1 aromatic heterocycles. The maximum absolute atomic E-state index is 9.81. The van der Waals surface area contributed by atoms with Crippen molar-refractivity contribution in [2.45, 2.75) is 12.2 Å². The normalized spacial score (nSPS) is 14.9. The van der Waals surface area contributed by atoms with E-state index < -0.39 is 12.2 Å². The van der Waals surface area contributed by atoms with Crippen LogP contribution in [0.2, 0.25) is 0 Å². The molecule has 1 heterocycles. The molecule has 0 bridgehead atoms. The van der Waals surface area contributed by atoms with Gasteiger partial charge in [0.25, 0.3) is 0 Å². The molecule has 1 aromatic carbocycles. The first-order valence-electron chi connectivity index (χ1n) is 5.00. The Bertz CT molecular complexity index is 489. The van der Waals surface area contributed by atoms with Gasteiger partial charge in [-0.25, -0.2) is 4.98 Å². The topological polar surface area (TPSA) is 53.4 Å². The van der Waals surface area contributed by atoms with Crippen molar-refractivity contribution in [3.63, 3.8) is 0 Å². The van der Waals surface area contributed by atoms with Crippen LogP contribution in [-0.4, -0.2) is 26.6 Å². The van der Waals surface area contributed by atoms with E-state index in [-0.39, 0.29) is 0 Å². The third kappa shape index (κ3) is 2.24. The molecule has 0 saturated carbocycles. The molecule has 0 aliphatic heterocycles. The fourth-order valence-corrected chi connectivity index (χ4v) is 1.88. The lowest BCUT2D eigenvalue weighted by Crippen LogP contribution is -2.20. The second kappa shape index (κ2) is 4.91. The number of pyridine rings is 1. The monoisotopic (exact) mass is 281 g/mol. The Morgan fingerprint density at radius 2 is 1.88 bits per heavy atom. The van der Waals surface area contributed by atoms with Crippen molar-refractivity contribution >= 4 is 26.8 Å². The number of rotatable bonds is 3. The highest BCUT2D eigenvalue weighted by molar-refractivity contribution is 9.09. The van der Waals surface area contributed by atoms with Gasteiger partial charge in [0.05, 0.1) is 17.3 Å². The first kappa shape index (κ1) is 11.5. The van der Waals surface area contributed by atoms with E-state index in [1.54, 1.807) is 6.07 Å². The Balaban J connectivity index is 2.39. The molecule has 0 fully saturated rings. The summed E-state index contributed by atoms with van der Waals surface area (Å²) in [6.45, 7) is 0. The molecule has 0 aliphatic rings. The number of hydrogen-bond acceptors (Lipinski definition) is 3. The van der Waals surface area contributed by atoms with Crippen molar-refractivity contribution in [3.05, 3.63) is 42.1 Å². The predicted molar refractivity (Wildman–Crippen MR) is 66.5 cm³/mol. The molecule has 2 N–H and O–H groups in total. The number of para-hydroxylation sites is 1. The smallest absolute Gasteiger partial charge is 0.123 e. The lowest BCUT2D eigenvalue weighted by molar-refractivity contribution is 0.0317. The van der Waals surface area contributed by atoms with Crippen molar-refractivity contribution in [3.8, 4) is 0 Å². The van der Waals surface area contributed by atoms with Crippen LogP contribution in [0, 0.1) is 0 Å². The zero-order valence-corrected chi connectivity index (χ0v) is 10.1. The highest BCUT2D eigenvalue weighted by Gasteiger charge is 2.18. The average molecular weight is 282 g/mol. The van der Waals surface area contributed by atoms with Crippen LogP contribution in [0.5, 0.6) is 0 Å². The van der Waals surface area contributed by atoms with E-state index >= 15 is 0 Å². The summed E-state index contributed by atoms with van der Waals surface area (Å²) in [6.07, 6.45) is -1.79. The Morgan fingerprint density at radius 1 is 1.12 bits per heavy atom. The van der Waals surface area contributed by atoms with Gasteiger partial charge in [0.2, 0.25) is 0 Å². The summed E-state index contributed by atoms with van der Waals surface area (Å²) in [5.74, 6) is 0. The standard InChI is InChI=1S/C12H12BrNO2/c13-7-11(15)12(16)10-6-5-8-3-1-2-4-9(8)14-10/h1-6,11-12,15-16H,7H2. The zero-order chi connectivity index (χ0) is 11.5. The quantitative estimate of drug-likeness (QED) is 0.847. The molecule has 0 saturated heterocycles. The highest BCUT2D eigenvalue weighted by atomic mass is 79.9. The van der Waals surface area contributed by atoms with Crippen LogP contribution in [-0.2, 0) is 0 Å². The molecule has 0 amide bonds. The van der Waals surface area contributed by atoms with Gasteiger partial charge in [-0.2, -0.15) is 0 Å². The second-order valence-electron chi connectivity index (χ2n) is 3.60. The van der Waals surface area contributed by atoms with Crippen molar-refractivity contribution in [1.29, 1.82) is 0 Å². The molecule has 0 radical (unpaired) electrons. The van der Waals surface area contributed by atoms with Crippen molar-refractivity contribution in [1.82, 2.24) is 4.98 Å². The van der Waals surface area contributed by atoms with Crippen LogP contribution in [0.1, 0.15) is 11.8 Å². The SMILES string of the molecule is OC(CBr)C(O)c1ccc2ccccc2n1. The number of halogens is 1. The number of nitrogens with zero attached hydrogens (tertiary/aromatic N) is 1. The van der Waals surface area contributed by atoms with Crippen LogP contribution in [0.25, 0.3) is 10.9 Å². The summed E-state index contributed by atoms with van der Waals surface area (Å²) in [4.78, 5) is 4.31. The maximum Gasteiger partial charge on any atom is 0.123 e. The largest absolute Gasteiger partial charge is 0.389 e. The minimum Gasteiger partial charge on any atom is -0.389 e. The van der Waals surface area contributed by atoms with E-state index in [9.17, 15) is 10.2 Å². The summed E-state index contributed by atoms with van der Waals surface area (Å²) < 4.78 is 0. The number of aliphatic hydroxyl groups is 2. The molecular formula is C12H12BrNO2. The van der Waals surface area contributed by atoms with E-state index in [4.69, 9.17) is 0 Å². The molecular weight excluding hydrogens is 270 g/mol. The lowest BCUT2D eigenvalue weighted by Gasteiger charge is -2.15. The fourth-order valence-electron chi connectivity index (χ4n) is 1.53. The molecule has 2 unspecified atom stereocenters. The number of alkyl halides is 1. The third-order valence-corrected chi connectivity index (χ3v) is 3.11. The van der Waals surface area contributed by atoms with E-state index in [1.807, 2.05) is 30.3 Å². The molecule has 16 heavy (non-hydrogen) atoms. The van der Waals surface area contributed by atoms with Gasteiger partial charge in [-0.1, -0.05) is 40.2 Å². The van der Waals surface area contributed by atoms with Gasteiger partial charge >= 0.3 is 0 Å². The van der Waals surface area contributed by atoms with Crippen LogP contribution >= 0.6 is 15.9 Å². The van der Waals surface area contributed by atoms with E-state index in [1.165, 1.54) is 0 Å². The van der Waals surface area contributed by atoms with Gasteiger partial charge < -0.3 is 10.2 Å². The minimum absolute atomic E-state index is 0.322. The van der Waals surface area contributed by atoms with E-state index in [0.29, 0.717) is 11.0 Å². The molecule has 2 rings (SSSR count). The molecule has 0 aliphatic carbocycles. The Morgan fingerprint density at radius 3 is 2.62 bits per heavy atom. The third-order valence-electron chi connectivity index (χ3n) is 2.45. The van der Waals surface area contributed by atoms with Crippen LogP contribution in [0.4, 0.5) is 0 Å².